The number of hydrogen-bond donors (Lipinski definition) is 2. The molecule has 0 bridgehead atoms. The molecule has 1 aliphatic rings. The van der Waals surface area contributed by atoms with Crippen LogP contribution in [0.5, 0.6) is 5.75 Å². The van der Waals surface area contributed by atoms with Gasteiger partial charge in [0.25, 0.3) is 5.69 Å². The fourth-order valence-electron chi connectivity index (χ4n) is 2.15. The minimum absolute atomic E-state index is 0.0355. The molecule has 0 aromatic heterocycles. The monoisotopic (exact) mass is 266 g/mol. The predicted octanol–water partition coefficient (Wildman–Crippen LogP) is 1.35. The Kier molecular flexibility index (Phi) is 4.53. The molecular formula is C12H18N4O3. The number of hydrazine groups is 1. The Bertz CT molecular complexity index is 447. The van der Waals surface area contributed by atoms with Crippen LogP contribution in [0.15, 0.2) is 18.2 Å². The zero-order valence-corrected chi connectivity index (χ0v) is 10.7. The van der Waals surface area contributed by atoms with E-state index in [4.69, 9.17) is 10.6 Å². The molecular weight excluding hydrogens is 248 g/mol. The molecule has 1 aromatic carbocycles. The quantitative estimate of drug-likeness (QED) is 0.458. The maximum atomic E-state index is 10.8. The average Bonchev–Trinajstić information content (AvgIpc) is 2.91. The van der Waals surface area contributed by atoms with Crippen LogP contribution in [-0.2, 0) is 0 Å². The van der Waals surface area contributed by atoms with Crippen LogP contribution in [0.25, 0.3) is 0 Å². The van der Waals surface area contributed by atoms with Gasteiger partial charge in [-0.15, -0.1) is 0 Å². The van der Waals surface area contributed by atoms with E-state index >= 15 is 0 Å². The van der Waals surface area contributed by atoms with Gasteiger partial charge in [0, 0.05) is 18.7 Å². The van der Waals surface area contributed by atoms with Crippen LogP contribution in [0.1, 0.15) is 12.8 Å². The van der Waals surface area contributed by atoms with E-state index in [1.54, 1.807) is 6.07 Å². The Morgan fingerprint density at radius 2 is 2.11 bits per heavy atom. The van der Waals surface area contributed by atoms with Crippen molar-refractivity contribution in [3.8, 4) is 5.75 Å². The van der Waals surface area contributed by atoms with Crippen LogP contribution in [0.3, 0.4) is 0 Å². The lowest BCUT2D eigenvalue weighted by molar-refractivity contribution is -0.384. The third-order valence-electron chi connectivity index (χ3n) is 3.14. The molecule has 0 atom stereocenters. The number of hydrogen-bond acceptors (Lipinski definition) is 6. The SMILES string of the molecule is NNc1cc(OCCN2CCCC2)cc([N+](=O)[O-])c1. The molecule has 7 heteroatoms. The van der Waals surface area contributed by atoms with E-state index < -0.39 is 4.92 Å². The highest BCUT2D eigenvalue weighted by atomic mass is 16.6. The molecule has 104 valence electrons. The fourth-order valence-corrected chi connectivity index (χ4v) is 2.15. The highest BCUT2D eigenvalue weighted by Gasteiger charge is 2.13. The third-order valence-corrected chi connectivity index (χ3v) is 3.14. The van der Waals surface area contributed by atoms with Crippen molar-refractivity contribution in [1.82, 2.24) is 4.90 Å². The van der Waals surface area contributed by atoms with Crippen molar-refractivity contribution in [2.24, 2.45) is 5.84 Å². The highest BCUT2D eigenvalue weighted by molar-refractivity contribution is 5.55. The topological polar surface area (TPSA) is 93.7 Å². The van der Waals surface area contributed by atoms with Gasteiger partial charge in [0.2, 0.25) is 0 Å². The maximum absolute atomic E-state index is 10.8. The van der Waals surface area contributed by atoms with Crippen LogP contribution >= 0.6 is 0 Å². The van der Waals surface area contributed by atoms with Crippen LogP contribution in [-0.4, -0.2) is 36.1 Å². The van der Waals surface area contributed by atoms with Crippen LogP contribution in [0.2, 0.25) is 0 Å². The number of rotatable bonds is 6. The summed E-state index contributed by atoms with van der Waals surface area (Å²) in [5.74, 6) is 5.74. The van der Waals surface area contributed by atoms with Gasteiger partial charge in [-0.05, 0) is 25.9 Å². The number of nitrogen functional groups attached to an aromatic ring is 1. The molecule has 3 N–H and O–H groups in total. The summed E-state index contributed by atoms with van der Waals surface area (Å²) in [4.78, 5) is 12.6. The highest BCUT2D eigenvalue weighted by Crippen LogP contribution is 2.25. The molecule has 1 heterocycles. The maximum Gasteiger partial charge on any atom is 0.275 e. The van der Waals surface area contributed by atoms with Gasteiger partial charge in [0.05, 0.1) is 16.7 Å². The van der Waals surface area contributed by atoms with Crippen molar-refractivity contribution < 1.29 is 9.66 Å². The zero-order valence-electron chi connectivity index (χ0n) is 10.7. The van der Waals surface area contributed by atoms with Crippen LogP contribution < -0.4 is 16.0 Å². The van der Waals surface area contributed by atoms with Crippen LogP contribution in [0, 0.1) is 10.1 Å². The number of nitrogens with two attached hydrogens (primary N) is 1. The first-order valence-electron chi connectivity index (χ1n) is 6.30. The molecule has 1 saturated heterocycles. The van der Waals surface area contributed by atoms with Gasteiger partial charge in [-0.1, -0.05) is 0 Å². The first kappa shape index (κ1) is 13.6. The molecule has 0 amide bonds. The molecule has 2 rings (SSSR count). The number of nitrogens with one attached hydrogen (secondary N) is 1. The Hall–Kier alpha value is -1.86. The lowest BCUT2D eigenvalue weighted by atomic mass is 10.2. The van der Waals surface area contributed by atoms with E-state index in [9.17, 15) is 10.1 Å². The molecule has 0 unspecified atom stereocenters. The summed E-state index contributed by atoms with van der Waals surface area (Å²) in [5, 5.41) is 10.8. The summed E-state index contributed by atoms with van der Waals surface area (Å²) < 4.78 is 5.56. The number of anilines is 1. The van der Waals surface area contributed by atoms with E-state index in [-0.39, 0.29) is 5.69 Å². The number of non-ortho nitro benzene ring substituents is 1. The Balaban J connectivity index is 1.94. The van der Waals surface area contributed by atoms with E-state index in [2.05, 4.69) is 10.3 Å². The molecule has 0 aliphatic carbocycles. The van der Waals surface area contributed by atoms with Crippen molar-refractivity contribution in [3.63, 3.8) is 0 Å². The zero-order chi connectivity index (χ0) is 13.7. The van der Waals surface area contributed by atoms with Gasteiger partial charge in [-0.25, -0.2) is 0 Å². The van der Waals surface area contributed by atoms with Gasteiger partial charge in [-0.2, -0.15) is 0 Å². The second-order valence-corrected chi connectivity index (χ2v) is 4.51. The van der Waals surface area contributed by atoms with E-state index in [1.807, 2.05) is 0 Å². The van der Waals surface area contributed by atoms with Gasteiger partial charge >= 0.3 is 0 Å². The lowest BCUT2D eigenvalue weighted by Crippen LogP contribution is -2.25. The normalized spacial score (nSPS) is 15.4. The molecule has 1 aliphatic heterocycles. The number of likely N-dealkylation sites (tertiary alicyclic amines) is 1. The summed E-state index contributed by atoms with van der Waals surface area (Å²) in [5.41, 5.74) is 2.83. The first-order chi connectivity index (χ1) is 9.19. The van der Waals surface area contributed by atoms with Gasteiger partial charge < -0.3 is 10.2 Å². The summed E-state index contributed by atoms with van der Waals surface area (Å²) in [6.07, 6.45) is 2.47. The molecule has 7 nitrogen and oxygen atoms in total. The molecule has 0 spiro atoms. The van der Waals surface area contributed by atoms with Crippen molar-refractivity contribution >= 4 is 11.4 Å². The number of benzene rings is 1. The van der Waals surface area contributed by atoms with Gasteiger partial charge in [0.15, 0.2) is 0 Å². The minimum Gasteiger partial charge on any atom is -0.492 e. The van der Waals surface area contributed by atoms with E-state index in [0.717, 1.165) is 19.6 Å². The average molecular weight is 266 g/mol. The molecule has 1 aromatic rings. The first-order valence-corrected chi connectivity index (χ1v) is 6.30. The summed E-state index contributed by atoms with van der Waals surface area (Å²) >= 11 is 0. The molecule has 0 saturated carbocycles. The Morgan fingerprint density at radius 1 is 1.37 bits per heavy atom. The summed E-state index contributed by atoms with van der Waals surface area (Å²) in [6, 6.07) is 4.43. The lowest BCUT2D eigenvalue weighted by Gasteiger charge is -2.15. The number of nitro benzene ring substituents is 1. The number of nitro groups is 1. The standard InChI is InChI=1S/C12H18N4O3/c13-14-10-7-11(16(17)18)9-12(8-10)19-6-5-15-3-1-2-4-15/h7-9,14H,1-6,13H2. The largest absolute Gasteiger partial charge is 0.492 e. The van der Waals surface area contributed by atoms with E-state index in [0.29, 0.717) is 18.0 Å². The third kappa shape index (κ3) is 3.80. The van der Waals surface area contributed by atoms with E-state index in [1.165, 1.54) is 25.0 Å². The Morgan fingerprint density at radius 3 is 2.74 bits per heavy atom. The van der Waals surface area contributed by atoms with Crippen molar-refractivity contribution in [3.05, 3.63) is 28.3 Å². The van der Waals surface area contributed by atoms with Crippen molar-refractivity contribution in [2.45, 2.75) is 12.8 Å². The van der Waals surface area contributed by atoms with Gasteiger partial charge in [0.1, 0.15) is 12.4 Å². The smallest absolute Gasteiger partial charge is 0.275 e. The minimum atomic E-state index is -0.464. The second kappa shape index (κ2) is 6.35. The molecule has 1 fully saturated rings. The van der Waals surface area contributed by atoms with Crippen molar-refractivity contribution in [2.75, 3.05) is 31.7 Å². The van der Waals surface area contributed by atoms with Crippen LogP contribution in [0.4, 0.5) is 11.4 Å². The van der Waals surface area contributed by atoms with Crippen molar-refractivity contribution in [1.29, 1.82) is 0 Å². The predicted molar refractivity (Wildman–Crippen MR) is 72.1 cm³/mol. The molecule has 19 heavy (non-hydrogen) atoms. The summed E-state index contributed by atoms with van der Waals surface area (Å²) in [7, 11) is 0. The summed E-state index contributed by atoms with van der Waals surface area (Å²) in [6.45, 7) is 3.57. The number of nitrogens with zero attached hydrogens (tertiary/aromatic N) is 2. The second-order valence-electron chi connectivity index (χ2n) is 4.51. The van der Waals surface area contributed by atoms with Gasteiger partial charge in [-0.3, -0.25) is 20.9 Å². The Labute approximate surface area is 111 Å². The fraction of sp³-hybridized carbons (Fsp3) is 0.500. The number of ether oxygens (including phenoxy) is 1. The molecule has 0 radical (unpaired) electrons.